The summed E-state index contributed by atoms with van der Waals surface area (Å²) in [6, 6.07) is 6.73. The fourth-order valence-corrected chi connectivity index (χ4v) is 1.74. The Morgan fingerprint density at radius 1 is 1.17 bits per heavy atom. The van der Waals surface area contributed by atoms with Gasteiger partial charge >= 0.3 is 6.03 Å². The molecule has 18 heavy (non-hydrogen) atoms. The van der Waals surface area contributed by atoms with Crippen LogP contribution in [0.15, 0.2) is 30.5 Å². The second-order valence-corrected chi connectivity index (χ2v) is 3.79. The molecule has 0 radical (unpaired) electrons. The number of amides is 3. The second kappa shape index (κ2) is 5.22. The van der Waals surface area contributed by atoms with Crippen molar-refractivity contribution in [3.8, 4) is 0 Å². The van der Waals surface area contributed by atoms with Crippen LogP contribution in [0.2, 0.25) is 0 Å². The first-order valence-corrected chi connectivity index (χ1v) is 5.56. The summed E-state index contributed by atoms with van der Waals surface area (Å²) in [7, 11) is 0. The summed E-state index contributed by atoms with van der Waals surface area (Å²) in [6.07, 6.45) is 1.79. The van der Waals surface area contributed by atoms with Gasteiger partial charge in [0.25, 0.3) is 5.91 Å². The molecule has 0 unspecified atom stereocenters. The molecular formula is C12H14N4O2. The monoisotopic (exact) mass is 246 g/mol. The van der Waals surface area contributed by atoms with Crippen molar-refractivity contribution in [2.75, 3.05) is 13.1 Å². The van der Waals surface area contributed by atoms with Crippen LogP contribution in [0, 0.1) is 0 Å². The summed E-state index contributed by atoms with van der Waals surface area (Å²) in [5.74, 6) is -0.175. The van der Waals surface area contributed by atoms with Gasteiger partial charge in [-0.25, -0.2) is 4.79 Å². The van der Waals surface area contributed by atoms with Crippen LogP contribution in [-0.2, 0) is 0 Å². The van der Waals surface area contributed by atoms with Crippen LogP contribution in [0.4, 0.5) is 4.79 Å². The maximum Gasteiger partial charge on any atom is 0.312 e. The third kappa shape index (κ3) is 2.60. The minimum atomic E-state index is -0.600. The quantitative estimate of drug-likeness (QED) is 0.593. The van der Waals surface area contributed by atoms with E-state index in [0.29, 0.717) is 18.7 Å². The van der Waals surface area contributed by atoms with Gasteiger partial charge in [0, 0.05) is 35.8 Å². The van der Waals surface area contributed by atoms with Gasteiger partial charge in [-0.1, -0.05) is 6.07 Å². The number of aromatic nitrogens is 1. The molecule has 0 aliphatic heterocycles. The van der Waals surface area contributed by atoms with E-state index in [1.165, 1.54) is 0 Å². The van der Waals surface area contributed by atoms with Crippen molar-refractivity contribution in [2.45, 2.75) is 0 Å². The Kier molecular flexibility index (Phi) is 3.47. The zero-order chi connectivity index (χ0) is 13.0. The number of benzene rings is 1. The Labute approximate surface area is 104 Å². The summed E-state index contributed by atoms with van der Waals surface area (Å²) in [4.78, 5) is 25.4. The largest absolute Gasteiger partial charge is 0.361 e. The number of primary amides is 1. The Morgan fingerprint density at radius 2 is 1.94 bits per heavy atom. The zero-order valence-electron chi connectivity index (χ0n) is 9.69. The van der Waals surface area contributed by atoms with Crippen LogP contribution in [-0.4, -0.2) is 30.0 Å². The van der Waals surface area contributed by atoms with Gasteiger partial charge in [-0.05, 0) is 18.2 Å². The molecule has 0 fully saturated rings. The van der Waals surface area contributed by atoms with E-state index in [0.717, 1.165) is 10.9 Å². The molecule has 2 rings (SSSR count). The minimum absolute atomic E-state index is 0.175. The van der Waals surface area contributed by atoms with Gasteiger partial charge in [-0.2, -0.15) is 0 Å². The lowest BCUT2D eigenvalue weighted by molar-refractivity contribution is 0.0955. The third-order valence-electron chi connectivity index (χ3n) is 2.55. The van der Waals surface area contributed by atoms with Gasteiger partial charge in [0.2, 0.25) is 0 Å². The highest BCUT2D eigenvalue weighted by molar-refractivity contribution is 6.06. The zero-order valence-corrected chi connectivity index (χ0v) is 9.69. The number of carbonyl (C=O) groups is 2. The molecule has 94 valence electrons. The van der Waals surface area contributed by atoms with E-state index < -0.39 is 6.03 Å². The topological polar surface area (TPSA) is 100 Å². The van der Waals surface area contributed by atoms with Crippen LogP contribution < -0.4 is 16.4 Å². The lowest BCUT2D eigenvalue weighted by atomic mass is 10.1. The smallest absolute Gasteiger partial charge is 0.312 e. The van der Waals surface area contributed by atoms with Crippen LogP contribution in [0.25, 0.3) is 10.9 Å². The molecule has 3 amide bonds. The number of hydrogen-bond donors (Lipinski definition) is 4. The molecule has 0 bridgehead atoms. The first-order chi connectivity index (χ1) is 8.68. The van der Waals surface area contributed by atoms with Crippen molar-refractivity contribution in [1.82, 2.24) is 15.6 Å². The SMILES string of the molecule is NC(=O)NCCNC(=O)c1cccc2[nH]ccc12. The van der Waals surface area contributed by atoms with Gasteiger partial charge in [0.1, 0.15) is 0 Å². The molecule has 6 nitrogen and oxygen atoms in total. The van der Waals surface area contributed by atoms with E-state index in [9.17, 15) is 9.59 Å². The van der Waals surface area contributed by atoms with Crippen molar-refractivity contribution >= 4 is 22.8 Å². The van der Waals surface area contributed by atoms with E-state index >= 15 is 0 Å². The number of aromatic amines is 1. The number of rotatable bonds is 4. The number of urea groups is 1. The summed E-state index contributed by atoms with van der Waals surface area (Å²) < 4.78 is 0. The van der Waals surface area contributed by atoms with Crippen molar-refractivity contribution < 1.29 is 9.59 Å². The Balaban J connectivity index is 2.00. The Hall–Kier alpha value is -2.50. The van der Waals surface area contributed by atoms with Crippen molar-refractivity contribution in [2.24, 2.45) is 5.73 Å². The van der Waals surface area contributed by atoms with Crippen LogP contribution in [0.5, 0.6) is 0 Å². The van der Waals surface area contributed by atoms with E-state index in [1.54, 1.807) is 12.3 Å². The normalized spacial score (nSPS) is 10.2. The molecule has 0 atom stereocenters. The van der Waals surface area contributed by atoms with Gasteiger partial charge in [-0.3, -0.25) is 4.79 Å². The molecule has 1 heterocycles. The standard InChI is InChI=1S/C12H14N4O2/c13-12(18)16-7-6-15-11(17)9-2-1-3-10-8(9)4-5-14-10/h1-5,14H,6-7H2,(H,15,17)(H3,13,16,18). The maximum absolute atomic E-state index is 11.9. The summed E-state index contributed by atoms with van der Waals surface area (Å²) >= 11 is 0. The molecule has 5 N–H and O–H groups in total. The van der Waals surface area contributed by atoms with Crippen molar-refractivity contribution in [3.05, 3.63) is 36.0 Å². The van der Waals surface area contributed by atoms with Crippen LogP contribution in [0.3, 0.4) is 0 Å². The van der Waals surface area contributed by atoms with E-state index in [2.05, 4.69) is 15.6 Å². The molecule has 0 spiro atoms. The molecule has 1 aromatic heterocycles. The first kappa shape index (κ1) is 12.0. The van der Waals surface area contributed by atoms with E-state index in [-0.39, 0.29) is 5.91 Å². The fourth-order valence-electron chi connectivity index (χ4n) is 1.74. The summed E-state index contributed by atoms with van der Waals surface area (Å²) in [5.41, 5.74) is 6.43. The lowest BCUT2D eigenvalue weighted by Gasteiger charge is -2.06. The number of nitrogens with one attached hydrogen (secondary N) is 3. The highest BCUT2D eigenvalue weighted by Gasteiger charge is 2.09. The molecule has 0 aliphatic carbocycles. The minimum Gasteiger partial charge on any atom is -0.361 e. The third-order valence-corrected chi connectivity index (χ3v) is 2.55. The highest BCUT2D eigenvalue weighted by atomic mass is 16.2. The molecular weight excluding hydrogens is 232 g/mol. The van der Waals surface area contributed by atoms with Gasteiger partial charge in [-0.15, -0.1) is 0 Å². The number of hydrogen-bond acceptors (Lipinski definition) is 2. The molecule has 6 heteroatoms. The van der Waals surface area contributed by atoms with Crippen LogP contribution in [0.1, 0.15) is 10.4 Å². The average Bonchev–Trinajstić information content (AvgIpc) is 2.82. The molecule has 1 aromatic carbocycles. The lowest BCUT2D eigenvalue weighted by Crippen LogP contribution is -2.37. The Bertz CT molecular complexity index is 576. The average molecular weight is 246 g/mol. The number of fused-ring (bicyclic) bond motifs is 1. The predicted octanol–water partition coefficient (Wildman–Crippen LogP) is 0.566. The fraction of sp³-hybridized carbons (Fsp3) is 0.167. The maximum atomic E-state index is 11.9. The van der Waals surface area contributed by atoms with E-state index in [1.807, 2.05) is 18.2 Å². The molecule has 2 aromatic rings. The summed E-state index contributed by atoms with van der Waals surface area (Å²) in [5, 5.41) is 5.99. The Morgan fingerprint density at radius 3 is 2.72 bits per heavy atom. The van der Waals surface area contributed by atoms with Crippen molar-refractivity contribution in [1.29, 1.82) is 0 Å². The first-order valence-electron chi connectivity index (χ1n) is 5.56. The van der Waals surface area contributed by atoms with Crippen LogP contribution >= 0.6 is 0 Å². The number of H-pyrrole nitrogens is 1. The summed E-state index contributed by atoms with van der Waals surface area (Å²) in [6.45, 7) is 0.646. The van der Waals surface area contributed by atoms with Crippen molar-refractivity contribution in [3.63, 3.8) is 0 Å². The van der Waals surface area contributed by atoms with Gasteiger partial charge < -0.3 is 21.4 Å². The molecule has 0 saturated heterocycles. The molecule has 0 aliphatic rings. The van der Waals surface area contributed by atoms with Gasteiger partial charge in [0.15, 0.2) is 0 Å². The highest BCUT2D eigenvalue weighted by Crippen LogP contribution is 2.16. The van der Waals surface area contributed by atoms with Gasteiger partial charge in [0.05, 0.1) is 0 Å². The number of carbonyl (C=O) groups excluding carboxylic acids is 2. The molecule has 0 saturated carbocycles. The predicted molar refractivity (Wildman–Crippen MR) is 68.2 cm³/mol. The number of nitrogens with two attached hydrogens (primary N) is 1. The van der Waals surface area contributed by atoms with E-state index in [4.69, 9.17) is 5.73 Å². The second-order valence-electron chi connectivity index (χ2n) is 3.79.